The summed E-state index contributed by atoms with van der Waals surface area (Å²) in [6.07, 6.45) is 0. The highest BCUT2D eigenvalue weighted by Gasteiger charge is 2.17. The lowest BCUT2D eigenvalue weighted by Crippen LogP contribution is -2.20. The minimum Gasteiger partial charge on any atom is -0.508 e. The predicted molar refractivity (Wildman–Crippen MR) is 72.8 cm³/mol. The number of hydrogen-bond acceptors (Lipinski definition) is 4. The number of nitrogens with one attached hydrogen (secondary N) is 1. The molecule has 98 valence electrons. The second-order valence-corrected chi connectivity index (χ2v) is 4.17. The van der Waals surface area contributed by atoms with Crippen LogP contribution in [-0.4, -0.2) is 16.6 Å². The van der Waals surface area contributed by atoms with E-state index in [-0.39, 0.29) is 17.2 Å². The molecular weight excluding hydrogens is 244 g/mol. The molecule has 0 saturated carbocycles. The van der Waals surface area contributed by atoms with Gasteiger partial charge in [0.25, 0.3) is 0 Å². The number of benzene rings is 2. The molecule has 0 heterocycles. The van der Waals surface area contributed by atoms with Crippen molar-refractivity contribution in [3.8, 4) is 5.75 Å². The number of para-hydroxylation sites is 1. The molecule has 2 N–H and O–H groups in total. The lowest BCUT2D eigenvalue weighted by molar-refractivity contribution is -0.482. The van der Waals surface area contributed by atoms with Crippen LogP contribution in [0.2, 0.25) is 0 Å². The Morgan fingerprint density at radius 2 is 1.74 bits per heavy atom. The normalized spacial score (nSPS) is 11.8. The summed E-state index contributed by atoms with van der Waals surface area (Å²) in [6, 6.07) is 15.3. The molecule has 0 aromatic heterocycles. The minimum atomic E-state index is -0.432. The van der Waals surface area contributed by atoms with Crippen LogP contribution < -0.4 is 5.32 Å². The first-order valence-corrected chi connectivity index (χ1v) is 5.87. The molecule has 0 aliphatic carbocycles. The number of phenolic OH excluding ortho intramolecular Hbond substituents is 1. The fraction of sp³-hybridized carbons (Fsp3) is 0.143. The van der Waals surface area contributed by atoms with Crippen molar-refractivity contribution in [3.63, 3.8) is 0 Å². The van der Waals surface area contributed by atoms with Gasteiger partial charge in [-0.2, -0.15) is 0 Å². The van der Waals surface area contributed by atoms with E-state index in [1.54, 1.807) is 12.1 Å². The summed E-state index contributed by atoms with van der Waals surface area (Å²) in [6.45, 7) is -0.223. The predicted octanol–water partition coefficient (Wildman–Crippen LogP) is 2.82. The van der Waals surface area contributed by atoms with E-state index >= 15 is 0 Å². The molecule has 0 spiro atoms. The van der Waals surface area contributed by atoms with Crippen LogP contribution in [0.15, 0.2) is 54.6 Å². The minimum absolute atomic E-state index is 0.142. The van der Waals surface area contributed by atoms with E-state index in [2.05, 4.69) is 5.32 Å². The van der Waals surface area contributed by atoms with Crippen LogP contribution in [0.1, 0.15) is 11.6 Å². The fourth-order valence-corrected chi connectivity index (χ4v) is 1.83. The lowest BCUT2D eigenvalue weighted by Gasteiger charge is -2.16. The summed E-state index contributed by atoms with van der Waals surface area (Å²) in [4.78, 5) is 10.4. The van der Waals surface area contributed by atoms with Crippen molar-refractivity contribution in [2.24, 2.45) is 0 Å². The maximum absolute atomic E-state index is 10.8. The van der Waals surface area contributed by atoms with Gasteiger partial charge in [-0.3, -0.25) is 10.1 Å². The average molecular weight is 258 g/mol. The molecule has 1 unspecified atom stereocenters. The topological polar surface area (TPSA) is 75.4 Å². The van der Waals surface area contributed by atoms with E-state index in [1.165, 1.54) is 12.1 Å². The van der Waals surface area contributed by atoms with Crippen molar-refractivity contribution in [1.82, 2.24) is 0 Å². The monoisotopic (exact) mass is 258 g/mol. The van der Waals surface area contributed by atoms with Crippen LogP contribution >= 0.6 is 0 Å². The van der Waals surface area contributed by atoms with Gasteiger partial charge in [0, 0.05) is 10.6 Å². The molecule has 2 rings (SSSR count). The Kier molecular flexibility index (Phi) is 3.97. The Hall–Kier alpha value is -2.56. The van der Waals surface area contributed by atoms with Gasteiger partial charge in [-0.25, -0.2) is 0 Å². The number of nitro groups is 1. The summed E-state index contributed by atoms with van der Waals surface area (Å²) < 4.78 is 0. The van der Waals surface area contributed by atoms with Crippen LogP contribution in [-0.2, 0) is 0 Å². The standard InChI is InChI=1S/C14H14N2O3/c17-13-8-6-11(7-9-13)14(10-16(18)19)15-12-4-2-1-3-5-12/h1-9,14-15,17H,10H2. The average Bonchev–Trinajstić information content (AvgIpc) is 2.39. The summed E-state index contributed by atoms with van der Waals surface area (Å²) in [7, 11) is 0. The molecule has 19 heavy (non-hydrogen) atoms. The Bertz CT molecular complexity index is 540. The number of hydrogen-bond donors (Lipinski definition) is 2. The van der Waals surface area contributed by atoms with Crippen LogP contribution in [0, 0.1) is 10.1 Å². The maximum atomic E-state index is 10.8. The van der Waals surface area contributed by atoms with Gasteiger partial charge in [0.1, 0.15) is 11.8 Å². The van der Waals surface area contributed by atoms with Crippen molar-refractivity contribution in [2.75, 3.05) is 11.9 Å². The van der Waals surface area contributed by atoms with Gasteiger partial charge >= 0.3 is 0 Å². The maximum Gasteiger partial charge on any atom is 0.227 e. The lowest BCUT2D eigenvalue weighted by atomic mass is 10.1. The van der Waals surface area contributed by atoms with Crippen LogP contribution in [0.3, 0.4) is 0 Å². The zero-order valence-corrected chi connectivity index (χ0v) is 10.2. The zero-order chi connectivity index (χ0) is 13.7. The highest BCUT2D eigenvalue weighted by Crippen LogP contribution is 2.21. The van der Waals surface area contributed by atoms with Crippen LogP contribution in [0.5, 0.6) is 5.75 Å². The molecule has 2 aromatic carbocycles. The van der Waals surface area contributed by atoms with Crippen LogP contribution in [0.4, 0.5) is 5.69 Å². The number of rotatable bonds is 5. The second kappa shape index (κ2) is 5.86. The Morgan fingerprint density at radius 1 is 1.11 bits per heavy atom. The van der Waals surface area contributed by atoms with Crippen molar-refractivity contribution >= 4 is 5.69 Å². The van der Waals surface area contributed by atoms with Gasteiger partial charge in [0.2, 0.25) is 6.54 Å². The van der Waals surface area contributed by atoms with E-state index in [9.17, 15) is 15.2 Å². The van der Waals surface area contributed by atoms with Gasteiger partial charge in [-0.15, -0.1) is 0 Å². The molecule has 0 saturated heterocycles. The SMILES string of the molecule is O=[N+]([O-])CC(Nc1ccccc1)c1ccc(O)cc1. The van der Waals surface area contributed by atoms with Crippen molar-refractivity contribution in [2.45, 2.75) is 6.04 Å². The summed E-state index contributed by atoms with van der Waals surface area (Å²) in [5.74, 6) is 0.142. The van der Waals surface area contributed by atoms with Gasteiger partial charge < -0.3 is 10.4 Å². The fourth-order valence-electron chi connectivity index (χ4n) is 1.83. The molecular formula is C14H14N2O3. The van der Waals surface area contributed by atoms with Crippen molar-refractivity contribution < 1.29 is 10.0 Å². The first-order chi connectivity index (χ1) is 9.15. The summed E-state index contributed by atoms with van der Waals surface area (Å²) >= 11 is 0. The number of anilines is 1. The van der Waals surface area contributed by atoms with E-state index in [0.29, 0.717) is 0 Å². The first-order valence-electron chi connectivity index (χ1n) is 5.87. The molecule has 2 aromatic rings. The number of phenols is 1. The van der Waals surface area contributed by atoms with Gasteiger partial charge in [0.05, 0.1) is 0 Å². The second-order valence-electron chi connectivity index (χ2n) is 4.17. The van der Waals surface area contributed by atoms with Crippen molar-refractivity contribution in [1.29, 1.82) is 0 Å². The van der Waals surface area contributed by atoms with Crippen molar-refractivity contribution in [3.05, 3.63) is 70.3 Å². The molecule has 1 atom stereocenters. The third kappa shape index (κ3) is 3.70. The van der Waals surface area contributed by atoms with Gasteiger partial charge in [-0.1, -0.05) is 30.3 Å². The quantitative estimate of drug-likeness (QED) is 0.638. The molecule has 5 nitrogen and oxygen atoms in total. The van der Waals surface area contributed by atoms with Gasteiger partial charge in [-0.05, 0) is 29.8 Å². The Morgan fingerprint density at radius 3 is 2.32 bits per heavy atom. The van der Waals surface area contributed by atoms with Crippen LogP contribution in [0.25, 0.3) is 0 Å². The molecule has 0 bridgehead atoms. The molecule has 0 amide bonds. The third-order valence-electron chi connectivity index (χ3n) is 2.74. The largest absolute Gasteiger partial charge is 0.508 e. The molecule has 5 heteroatoms. The van der Waals surface area contributed by atoms with E-state index in [0.717, 1.165) is 11.3 Å². The highest BCUT2D eigenvalue weighted by atomic mass is 16.6. The molecule has 0 fully saturated rings. The number of aromatic hydroxyl groups is 1. The first kappa shape index (κ1) is 12.9. The smallest absolute Gasteiger partial charge is 0.227 e. The van der Waals surface area contributed by atoms with E-state index in [1.807, 2.05) is 30.3 Å². The summed E-state index contributed by atoms with van der Waals surface area (Å²) in [5, 5.41) is 23.1. The summed E-state index contributed by atoms with van der Waals surface area (Å²) in [5.41, 5.74) is 1.58. The number of nitrogens with zero attached hydrogens (tertiary/aromatic N) is 1. The van der Waals surface area contributed by atoms with Gasteiger partial charge in [0.15, 0.2) is 0 Å². The molecule has 0 aliphatic heterocycles. The Labute approximate surface area is 110 Å². The Balaban J connectivity index is 2.20. The van der Waals surface area contributed by atoms with E-state index < -0.39 is 6.04 Å². The highest BCUT2D eigenvalue weighted by molar-refractivity contribution is 5.45. The van der Waals surface area contributed by atoms with E-state index in [4.69, 9.17) is 0 Å². The molecule has 0 radical (unpaired) electrons. The zero-order valence-electron chi connectivity index (χ0n) is 10.2. The third-order valence-corrected chi connectivity index (χ3v) is 2.74. The molecule has 0 aliphatic rings.